The standard InChI is InChI=1S/C20H24N4/c1-3-6-20-21-12-16-13-24(10-9-18(16)22-20)14-17-11-15-7-4-5-8-19(15)23(17)2/h4-5,7-8,11-12H,3,6,9-10,13-14H2,1-2H3. The Morgan fingerprint density at radius 2 is 2.08 bits per heavy atom. The molecule has 0 atom stereocenters. The van der Waals surface area contributed by atoms with Crippen molar-refractivity contribution in [2.45, 2.75) is 39.3 Å². The molecule has 0 bridgehead atoms. The first-order valence-corrected chi connectivity index (χ1v) is 8.84. The molecule has 0 unspecified atom stereocenters. The third-order valence-corrected chi connectivity index (χ3v) is 4.97. The van der Waals surface area contributed by atoms with Gasteiger partial charge >= 0.3 is 0 Å². The summed E-state index contributed by atoms with van der Waals surface area (Å²) in [5, 5.41) is 1.32. The average molecular weight is 320 g/mol. The van der Waals surface area contributed by atoms with Gasteiger partial charge in [0.2, 0.25) is 0 Å². The Kier molecular flexibility index (Phi) is 4.07. The van der Waals surface area contributed by atoms with Gasteiger partial charge in [0.25, 0.3) is 0 Å². The van der Waals surface area contributed by atoms with Crippen molar-refractivity contribution < 1.29 is 0 Å². The Morgan fingerprint density at radius 3 is 2.92 bits per heavy atom. The first-order chi connectivity index (χ1) is 11.7. The molecule has 24 heavy (non-hydrogen) atoms. The lowest BCUT2D eigenvalue weighted by molar-refractivity contribution is 0.238. The lowest BCUT2D eigenvalue weighted by Gasteiger charge is -2.28. The van der Waals surface area contributed by atoms with E-state index in [-0.39, 0.29) is 0 Å². The molecule has 3 aromatic rings. The van der Waals surface area contributed by atoms with Crippen molar-refractivity contribution in [3.63, 3.8) is 0 Å². The van der Waals surface area contributed by atoms with E-state index in [1.807, 2.05) is 6.20 Å². The van der Waals surface area contributed by atoms with Gasteiger partial charge in [-0.3, -0.25) is 4.90 Å². The van der Waals surface area contributed by atoms with Crippen LogP contribution in [0, 0.1) is 0 Å². The van der Waals surface area contributed by atoms with Crippen LogP contribution in [0.2, 0.25) is 0 Å². The van der Waals surface area contributed by atoms with Gasteiger partial charge in [0.15, 0.2) is 0 Å². The molecule has 0 spiro atoms. The van der Waals surface area contributed by atoms with Gasteiger partial charge in [0.05, 0.1) is 0 Å². The molecular weight excluding hydrogens is 296 g/mol. The maximum atomic E-state index is 4.75. The molecule has 3 heterocycles. The fraction of sp³-hybridized carbons (Fsp3) is 0.400. The molecule has 0 saturated carbocycles. The van der Waals surface area contributed by atoms with Crippen molar-refractivity contribution in [1.82, 2.24) is 19.4 Å². The minimum Gasteiger partial charge on any atom is -0.346 e. The third-order valence-electron chi connectivity index (χ3n) is 4.97. The molecule has 0 radical (unpaired) electrons. The predicted molar refractivity (Wildman–Crippen MR) is 96.8 cm³/mol. The highest BCUT2D eigenvalue weighted by Gasteiger charge is 2.19. The van der Waals surface area contributed by atoms with E-state index in [0.29, 0.717) is 0 Å². The van der Waals surface area contributed by atoms with Crippen LogP contribution in [0.5, 0.6) is 0 Å². The summed E-state index contributed by atoms with van der Waals surface area (Å²) >= 11 is 0. The van der Waals surface area contributed by atoms with Crippen LogP contribution in [0.1, 0.15) is 36.1 Å². The SMILES string of the molecule is CCCc1ncc2c(n1)CCN(Cc1cc3ccccc3n1C)C2. The Morgan fingerprint density at radius 1 is 1.21 bits per heavy atom. The van der Waals surface area contributed by atoms with Crippen LogP contribution in [-0.4, -0.2) is 26.0 Å². The quantitative estimate of drug-likeness (QED) is 0.738. The minimum absolute atomic E-state index is 0.948. The molecule has 1 aromatic carbocycles. The van der Waals surface area contributed by atoms with Crippen LogP contribution >= 0.6 is 0 Å². The highest BCUT2D eigenvalue weighted by Crippen LogP contribution is 2.23. The van der Waals surface area contributed by atoms with E-state index in [9.17, 15) is 0 Å². The van der Waals surface area contributed by atoms with E-state index in [2.05, 4.69) is 58.8 Å². The zero-order chi connectivity index (χ0) is 16.5. The molecule has 2 aromatic heterocycles. The van der Waals surface area contributed by atoms with Gasteiger partial charge in [0, 0.05) is 68.2 Å². The molecule has 4 heteroatoms. The second-order valence-electron chi connectivity index (χ2n) is 6.72. The van der Waals surface area contributed by atoms with Crippen LogP contribution < -0.4 is 0 Å². The molecule has 124 valence electrons. The molecule has 0 saturated heterocycles. The average Bonchev–Trinajstić information content (AvgIpc) is 2.92. The number of hydrogen-bond donors (Lipinski definition) is 0. The monoisotopic (exact) mass is 320 g/mol. The van der Waals surface area contributed by atoms with Gasteiger partial charge in [-0.15, -0.1) is 0 Å². The highest BCUT2D eigenvalue weighted by molar-refractivity contribution is 5.81. The summed E-state index contributed by atoms with van der Waals surface area (Å²) in [6.07, 6.45) is 5.15. The zero-order valence-electron chi connectivity index (χ0n) is 14.5. The summed E-state index contributed by atoms with van der Waals surface area (Å²) in [5.74, 6) is 0.999. The van der Waals surface area contributed by atoms with E-state index in [1.165, 1.54) is 27.9 Å². The van der Waals surface area contributed by atoms with Gasteiger partial charge in [-0.05, 0) is 23.9 Å². The number of fused-ring (bicyclic) bond motifs is 2. The van der Waals surface area contributed by atoms with Crippen molar-refractivity contribution in [2.75, 3.05) is 6.54 Å². The molecule has 0 aliphatic carbocycles. The lowest BCUT2D eigenvalue weighted by atomic mass is 10.1. The molecule has 4 rings (SSSR count). The molecule has 1 aliphatic rings. The lowest BCUT2D eigenvalue weighted by Crippen LogP contribution is -2.31. The van der Waals surface area contributed by atoms with Gasteiger partial charge in [0.1, 0.15) is 5.82 Å². The number of aryl methyl sites for hydroxylation is 2. The maximum absolute atomic E-state index is 4.75. The van der Waals surface area contributed by atoms with E-state index >= 15 is 0 Å². The largest absolute Gasteiger partial charge is 0.346 e. The van der Waals surface area contributed by atoms with Crippen LogP contribution in [0.25, 0.3) is 10.9 Å². The van der Waals surface area contributed by atoms with E-state index in [1.54, 1.807) is 0 Å². The molecule has 0 fully saturated rings. The Bertz CT molecular complexity index is 865. The van der Waals surface area contributed by atoms with Crippen molar-refractivity contribution >= 4 is 10.9 Å². The van der Waals surface area contributed by atoms with E-state index < -0.39 is 0 Å². The van der Waals surface area contributed by atoms with Crippen molar-refractivity contribution in [3.05, 3.63) is 59.3 Å². The van der Waals surface area contributed by atoms with E-state index in [0.717, 1.165) is 44.7 Å². The first kappa shape index (κ1) is 15.3. The second kappa shape index (κ2) is 6.36. The highest BCUT2D eigenvalue weighted by atomic mass is 15.2. The second-order valence-corrected chi connectivity index (χ2v) is 6.72. The number of benzene rings is 1. The van der Waals surface area contributed by atoms with Gasteiger partial charge in [-0.2, -0.15) is 0 Å². The van der Waals surface area contributed by atoms with Crippen molar-refractivity contribution in [3.8, 4) is 0 Å². The number of para-hydroxylation sites is 1. The van der Waals surface area contributed by atoms with Gasteiger partial charge < -0.3 is 4.57 Å². The third kappa shape index (κ3) is 2.82. The summed E-state index contributed by atoms with van der Waals surface area (Å²) in [4.78, 5) is 11.8. The molecule has 4 nitrogen and oxygen atoms in total. The van der Waals surface area contributed by atoms with Crippen molar-refractivity contribution in [1.29, 1.82) is 0 Å². The minimum atomic E-state index is 0.948. The van der Waals surface area contributed by atoms with E-state index in [4.69, 9.17) is 4.98 Å². The zero-order valence-corrected chi connectivity index (χ0v) is 14.5. The number of nitrogens with zero attached hydrogens (tertiary/aromatic N) is 4. The fourth-order valence-electron chi connectivity index (χ4n) is 3.62. The Balaban J connectivity index is 1.53. The van der Waals surface area contributed by atoms with Crippen LogP contribution in [0.4, 0.5) is 0 Å². The smallest absolute Gasteiger partial charge is 0.128 e. The topological polar surface area (TPSA) is 34.0 Å². The summed E-state index contributed by atoms with van der Waals surface area (Å²) in [6.45, 7) is 5.16. The molecular formula is C20H24N4. The Labute approximate surface area is 143 Å². The van der Waals surface area contributed by atoms with Crippen molar-refractivity contribution in [2.24, 2.45) is 7.05 Å². The number of rotatable bonds is 4. The van der Waals surface area contributed by atoms with Gasteiger partial charge in [-0.1, -0.05) is 25.1 Å². The molecule has 0 N–H and O–H groups in total. The number of aromatic nitrogens is 3. The van der Waals surface area contributed by atoms with Crippen LogP contribution in [-0.2, 0) is 33.0 Å². The van der Waals surface area contributed by atoms with Crippen LogP contribution in [0.3, 0.4) is 0 Å². The fourth-order valence-corrected chi connectivity index (χ4v) is 3.62. The summed E-state index contributed by atoms with van der Waals surface area (Å²) in [6, 6.07) is 10.9. The molecule has 1 aliphatic heterocycles. The Hall–Kier alpha value is -2.20. The first-order valence-electron chi connectivity index (χ1n) is 8.84. The molecule has 0 amide bonds. The summed E-state index contributed by atoms with van der Waals surface area (Å²) in [5.41, 5.74) is 5.21. The number of hydrogen-bond acceptors (Lipinski definition) is 3. The summed E-state index contributed by atoms with van der Waals surface area (Å²) in [7, 11) is 2.16. The van der Waals surface area contributed by atoms with Crippen LogP contribution in [0.15, 0.2) is 36.5 Å². The summed E-state index contributed by atoms with van der Waals surface area (Å²) < 4.78 is 2.31. The maximum Gasteiger partial charge on any atom is 0.128 e. The normalized spacial score (nSPS) is 14.9. The van der Waals surface area contributed by atoms with Gasteiger partial charge in [-0.25, -0.2) is 9.97 Å². The predicted octanol–water partition coefficient (Wildman–Crippen LogP) is 3.48.